The van der Waals surface area contributed by atoms with E-state index in [9.17, 15) is 19.5 Å². The Balaban J connectivity index is 1.22. The number of hydrogen-bond donors (Lipinski definition) is 1. The van der Waals surface area contributed by atoms with Gasteiger partial charge in [-0.15, -0.1) is 0 Å². The number of hydrogen-bond acceptors (Lipinski definition) is 7. The molecule has 0 bridgehead atoms. The maximum Gasteiger partial charge on any atom is 0.264 e. The van der Waals surface area contributed by atoms with Gasteiger partial charge in [0.25, 0.3) is 5.91 Å². The second kappa shape index (κ2) is 13.6. The lowest BCUT2D eigenvalue weighted by molar-refractivity contribution is -0.150. The lowest BCUT2D eigenvalue weighted by atomic mass is 9.82. The molecule has 4 heterocycles. The topological polar surface area (TPSA) is 112 Å². The predicted molar refractivity (Wildman–Crippen MR) is 195 cm³/mol. The third kappa shape index (κ3) is 6.16. The Labute approximate surface area is 299 Å². The predicted octanol–water partition coefficient (Wildman–Crippen LogP) is 5.92. The first-order valence-electron chi connectivity index (χ1n) is 17.8. The number of ether oxygens (including phenoxy) is 2. The van der Waals surface area contributed by atoms with Crippen molar-refractivity contribution in [1.29, 1.82) is 0 Å². The molecule has 2 fully saturated rings. The van der Waals surface area contributed by atoms with Gasteiger partial charge in [0, 0.05) is 36.4 Å². The SMILES string of the molecule is COc1ccc2c(c1)[C@]1(O[C@@H](CC(=O)N3CCC[C@H]3CO)[C@H]([Si](C)(C)F)[C@H]1C)C(=O)N2Cc1cccc(N2N=C(c3ccccc3)CCC2=O)c1. The van der Waals surface area contributed by atoms with E-state index in [-0.39, 0.29) is 43.3 Å². The molecule has 4 aliphatic rings. The zero-order valence-electron chi connectivity index (χ0n) is 29.5. The molecule has 0 unspecified atom stereocenters. The van der Waals surface area contributed by atoms with Gasteiger partial charge in [0.2, 0.25) is 20.2 Å². The number of aliphatic hydroxyl groups is 1. The van der Waals surface area contributed by atoms with Gasteiger partial charge in [0.15, 0.2) is 5.60 Å². The van der Waals surface area contributed by atoms with E-state index in [0.29, 0.717) is 42.1 Å². The van der Waals surface area contributed by atoms with Crippen molar-refractivity contribution < 1.29 is 33.1 Å². The molecule has 7 rings (SSSR count). The van der Waals surface area contributed by atoms with E-state index in [4.69, 9.17) is 14.6 Å². The Kier molecular flexibility index (Phi) is 9.36. The highest BCUT2D eigenvalue weighted by molar-refractivity contribution is 6.72. The highest BCUT2D eigenvalue weighted by Gasteiger charge is 2.67. The van der Waals surface area contributed by atoms with Crippen molar-refractivity contribution in [2.45, 2.75) is 82.0 Å². The summed E-state index contributed by atoms with van der Waals surface area (Å²) >= 11 is 0. The second-order valence-electron chi connectivity index (χ2n) is 14.6. The third-order valence-corrected chi connectivity index (χ3v) is 13.5. The lowest BCUT2D eigenvalue weighted by Gasteiger charge is -2.31. The van der Waals surface area contributed by atoms with Gasteiger partial charge in [0.1, 0.15) is 5.75 Å². The average molecular weight is 713 g/mol. The van der Waals surface area contributed by atoms with Crippen LogP contribution in [0.2, 0.25) is 18.6 Å². The van der Waals surface area contributed by atoms with Crippen molar-refractivity contribution in [3.05, 3.63) is 89.5 Å². The Morgan fingerprint density at radius 2 is 1.86 bits per heavy atom. The van der Waals surface area contributed by atoms with Crippen molar-refractivity contribution >= 4 is 43.2 Å². The average Bonchev–Trinajstić information content (AvgIpc) is 3.79. The summed E-state index contributed by atoms with van der Waals surface area (Å²) in [7, 11) is -1.95. The fourth-order valence-corrected chi connectivity index (χ4v) is 11.2. The summed E-state index contributed by atoms with van der Waals surface area (Å²) in [5, 5.41) is 16.0. The first kappa shape index (κ1) is 35.0. The summed E-state index contributed by atoms with van der Waals surface area (Å²) < 4.78 is 28.8. The van der Waals surface area contributed by atoms with Crippen LogP contribution in [-0.2, 0) is 31.3 Å². The van der Waals surface area contributed by atoms with E-state index in [2.05, 4.69) is 0 Å². The number of aliphatic hydroxyl groups excluding tert-OH is 1. The summed E-state index contributed by atoms with van der Waals surface area (Å²) in [4.78, 5) is 45.0. The number of rotatable bonds is 9. The van der Waals surface area contributed by atoms with E-state index in [0.717, 1.165) is 29.7 Å². The minimum absolute atomic E-state index is 0.0718. The maximum absolute atomic E-state index is 16.4. The monoisotopic (exact) mass is 712 g/mol. The smallest absolute Gasteiger partial charge is 0.264 e. The molecule has 0 aliphatic carbocycles. The molecule has 10 nitrogen and oxygen atoms in total. The van der Waals surface area contributed by atoms with Crippen molar-refractivity contribution in [2.24, 2.45) is 11.0 Å². The molecule has 0 aromatic heterocycles. The van der Waals surface area contributed by atoms with Crippen molar-refractivity contribution in [1.82, 2.24) is 4.90 Å². The van der Waals surface area contributed by atoms with Crippen molar-refractivity contribution in [3.63, 3.8) is 0 Å². The molecule has 4 aliphatic heterocycles. The Morgan fingerprint density at radius 1 is 1.08 bits per heavy atom. The summed E-state index contributed by atoms with van der Waals surface area (Å²) in [6.45, 7) is 5.67. The fourth-order valence-electron chi connectivity index (χ4n) is 8.71. The maximum atomic E-state index is 16.4. The Hall–Kier alpha value is -4.39. The molecular weight excluding hydrogens is 668 g/mol. The standard InChI is InChI=1S/C39H45FN4O6Si/c1-25-37(51(3,4)40)34(22-36(47)42-19-9-14-29(42)24-45)50-39(25)31-21-30(49-2)15-17-33(31)43(38(39)48)23-26-10-8-13-28(20-26)44-35(46)18-16-32(41-44)27-11-6-5-7-12-27/h5-8,10-13,15,17,20-21,25,29,34,37,45H,9,14,16,18-19,22-24H2,1-4H3/t25-,29+,34+,37-,39+/m1/s1. The van der Waals surface area contributed by atoms with Crippen LogP contribution in [0.15, 0.2) is 77.9 Å². The van der Waals surface area contributed by atoms with E-state index < -0.39 is 31.6 Å². The van der Waals surface area contributed by atoms with Crippen LogP contribution < -0.4 is 14.6 Å². The zero-order chi connectivity index (χ0) is 36.1. The third-order valence-electron chi connectivity index (χ3n) is 11.1. The van der Waals surface area contributed by atoms with Gasteiger partial charge in [-0.1, -0.05) is 49.4 Å². The van der Waals surface area contributed by atoms with Gasteiger partial charge in [-0.3, -0.25) is 14.4 Å². The van der Waals surface area contributed by atoms with Crippen molar-refractivity contribution in [2.75, 3.05) is 30.2 Å². The quantitative estimate of drug-likeness (QED) is 0.218. The summed E-state index contributed by atoms with van der Waals surface area (Å²) in [5.74, 6) is -0.681. The number of anilines is 2. The molecule has 5 atom stereocenters. The minimum Gasteiger partial charge on any atom is -0.497 e. The van der Waals surface area contributed by atoms with Gasteiger partial charge in [-0.25, -0.2) is 5.01 Å². The number of carbonyl (C=O) groups is 3. The number of amides is 3. The minimum atomic E-state index is -3.50. The molecule has 12 heteroatoms. The van der Waals surface area contributed by atoms with Gasteiger partial charge in [-0.2, -0.15) is 5.10 Å². The van der Waals surface area contributed by atoms with Crippen LogP contribution in [0, 0.1) is 5.92 Å². The number of likely N-dealkylation sites (tertiary alicyclic amines) is 1. The lowest BCUT2D eigenvalue weighted by Crippen LogP contribution is -2.45. The van der Waals surface area contributed by atoms with Crippen LogP contribution in [0.3, 0.4) is 0 Å². The van der Waals surface area contributed by atoms with E-state index in [1.807, 2.05) is 67.6 Å². The van der Waals surface area contributed by atoms with Crippen LogP contribution in [-0.4, -0.2) is 74.3 Å². The highest BCUT2D eigenvalue weighted by Crippen LogP contribution is 2.60. The Morgan fingerprint density at radius 3 is 2.59 bits per heavy atom. The molecule has 3 aromatic carbocycles. The van der Waals surface area contributed by atoms with E-state index >= 15 is 4.11 Å². The Bertz CT molecular complexity index is 1870. The van der Waals surface area contributed by atoms with Crippen molar-refractivity contribution in [3.8, 4) is 5.75 Å². The number of methoxy groups -OCH3 is 1. The molecular formula is C39H45FN4O6Si. The molecule has 3 amide bonds. The summed E-state index contributed by atoms with van der Waals surface area (Å²) in [6.07, 6.45) is 1.49. The summed E-state index contributed by atoms with van der Waals surface area (Å²) in [6, 6.07) is 22.4. The summed E-state index contributed by atoms with van der Waals surface area (Å²) in [5.41, 5.74) is 2.19. The molecule has 1 N–H and O–H groups in total. The molecule has 1 spiro atoms. The van der Waals surface area contributed by atoms with E-state index in [1.165, 1.54) is 5.01 Å². The second-order valence-corrected chi connectivity index (χ2v) is 18.4. The van der Waals surface area contributed by atoms with Gasteiger partial charge >= 0.3 is 0 Å². The van der Waals surface area contributed by atoms with E-state index in [1.54, 1.807) is 42.1 Å². The van der Waals surface area contributed by atoms with Crippen LogP contribution in [0.1, 0.15) is 55.7 Å². The largest absolute Gasteiger partial charge is 0.497 e. The molecule has 268 valence electrons. The van der Waals surface area contributed by atoms with Gasteiger partial charge < -0.3 is 28.5 Å². The van der Waals surface area contributed by atoms with Crippen LogP contribution >= 0.6 is 0 Å². The fraction of sp³-hybridized carbons (Fsp3) is 0.436. The molecule has 51 heavy (non-hydrogen) atoms. The van der Waals surface area contributed by atoms with Crippen LogP contribution in [0.5, 0.6) is 5.75 Å². The first-order chi connectivity index (χ1) is 24.5. The molecule has 0 radical (unpaired) electrons. The molecule has 0 saturated carbocycles. The first-order valence-corrected chi connectivity index (χ1v) is 20.7. The van der Waals surface area contributed by atoms with Crippen LogP contribution in [0.25, 0.3) is 0 Å². The normalized spacial score (nSPS) is 26.2. The number of benzene rings is 3. The number of halogens is 1. The number of carbonyl (C=O) groups excluding carboxylic acids is 3. The highest BCUT2D eigenvalue weighted by atomic mass is 28.4. The number of hydrazone groups is 1. The van der Waals surface area contributed by atoms with Gasteiger partial charge in [0.05, 0.1) is 55.9 Å². The van der Waals surface area contributed by atoms with Crippen LogP contribution in [0.4, 0.5) is 15.5 Å². The number of nitrogens with zero attached hydrogens (tertiary/aromatic N) is 4. The molecule has 3 aromatic rings. The number of fused-ring (bicyclic) bond motifs is 2. The molecule has 2 saturated heterocycles. The zero-order valence-corrected chi connectivity index (χ0v) is 30.5. The van der Waals surface area contributed by atoms with Gasteiger partial charge in [-0.05, 0) is 67.4 Å².